The lowest BCUT2D eigenvalue weighted by Crippen LogP contribution is -2.13. The van der Waals surface area contributed by atoms with Crippen LogP contribution in [0.15, 0.2) is 24.3 Å². The van der Waals surface area contributed by atoms with Gasteiger partial charge < -0.3 is 20.2 Å². The summed E-state index contributed by atoms with van der Waals surface area (Å²) in [5, 5.41) is 29.5. The van der Waals surface area contributed by atoms with Crippen molar-refractivity contribution in [2.24, 2.45) is 0 Å². The van der Waals surface area contributed by atoms with Crippen molar-refractivity contribution in [2.75, 3.05) is 11.9 Å². The number of carbonyl (C=O) groups is 1. The number of nitro groups is 2. The van der Waals surface area contributed by atoms with E-state index in [-0.39, 0.29) is 22.8 Å². The van der Waals surface area contributed by atoms with E-state index in [0.29, 0.717) is 6.61 Å². The molecule has 120 valence electrons. The van der Waals surface area contributed by atoms with Gasteiger partial charge in [0, 0.05) is 0 Å². The number of nitro benzene ring substituents is 1. The first-order valence-electron chi connectivity index (χ1n) is 6.34. The van der Waals surface area contributed by atoms with E-state index < -0.39 is 21.6 Å². The fraction of sp³-hybridized carbons (Fsp3) is 0.167. The Morgan fingerprint density at radius 2 is 2.04 bits per heavy atom. The van der Waals surface area contributed by atoms with Crippen LogP contribution >= 0.6 is 0 Å². The number of hydrogen-bond acceptors (Lipinski definition) is 7. The van der Waals surface area contributed by atoms with Gasteiger partial charge in [-0.2, -0.15) is 0 Å². The summed E-state index contributed by atoms with van der Waals surface area (Å²) in [6, 6.07) is 4.86. The lowest BCUT2D eigenvalue weighted by atomic mass is 10.2. The first-order chi connectivity index (χ1) is 10.9. The van der Waals surface area contributed by atoms with E-state index in [4.69, 9.17) is 4.74 Å². The molecule has 1 aromatic carbocycles. The fourth-order valence-corrected chi connectivity index (χ4v) is 1.73. The van der Waals surface area contributed by atoms with Gasteiger partial charge in [-0.25, -0.2) is 0 Å². The van der Waals surface area contributed by atoms with E-state index in [9.17, 15) is 25.0 Å². The summed E-state index contributed by atoms with van der Waals surface area (Å²) in [4.78, 5) is 32.2. The van der Waals surface area contributed by atoms with E-state index >= 15 is 0 Å². The van der Waals surface area contributed by atoms with Crippen LogP contribution in [0.1, 0.15) is 17.4 Å². The van der Waals surface area contributed by atoms with E-state index in [2.05, 4.69) is 15.5 Å². The Labute approximate surface area is 128 Å². The molecule has 0 spiro atoms. The molecular formula is C12H11N5O6. The van der Waals surface area contributed by atoms with Crippen LogP contribution in [0.25, 0.3) is 0 Å². The number of hydrogen-bond donors (Lipinski definition) is 2. The highest BCUT2D eigenvalue weighted by molar-refractivity contribution is 6.04. The Morgan fingerprint density at radius 1 is 1.30 bits per heavy atom. The second kappa shape index (κ2) is 6.51. The van der Waals surface area contributed by atoms with Crippen LogP contribution in [0.5, 0.6) is 5.75 Å². The minimum Gasteiger partial charge on any atom is -0.494 e. The fourth-order valence-electron chi connectivity index (χ4n) is 1.73. The highest BCUT2D eigenvalue weighted by Gasteiger charge is 2.21. The smallest absolute Gasteiger partial charge is 0.343 e. The van der Waals surface area contributed by atoms with Gasteiger partial charge in [0.25, 0.3) is 11.6 Å². The average molecular weight is 321 g/mol. The molecule has 0 unspecified atom stereocenters. The Hall–Kier alpha value is -3.50. The van der Waals surface area contributed by atoms with Crippen LogP contribution in [-0.4, -0.2) is 32.6 Å². The molecule has 11 heteroatoms. The first-order valence-corrected chi connectivity index (χ1v) is 6.34. The number of aromatic nitrogens is 2. The topological polar surface area (TPSA) is 153 Å². The number of H-pyrrole nitrogens is 1. The summed E-state index contributed by atoms with van der Waals surface area (Å²) in [5.41, 5.74) is -0.705. The van der Waals surface area contributed by atoms with Gasteiger partial charge in [0.1, 0.15) is 11.4 Å². The molecule has 11 nitrogen and oxygen atoms in total. The van der Waals surface area contributed by atoms with Gasteiger partial charge in [0.2, 0.25) is 0 Å². The van der Waals surface area contributed by atoms with Crippen molar-refractivity contribution < 1.29 is 19.4 Å². The molecule has 0 aliphatic heterocycles. The quantitative estimate of drug-likeness (QED) is 0.608. The minimum absolute atomic E-state index is 0.0749. The molecule has 0 aliphatic rings. The monoisotopic (exact) mass is 321 g/mol. The lowest BCUT2D eigenvalue weighted by Gasteiger charge is -2.07. The number of rotatable bonds is 6. The number of anilines is 1. The van der Waals surface area contributed by atoms with E-state index in [1.54, 1.807) is 6.92 Å². The molecule has 1 aromatic heterocycles. The van der Waals surface area contributed by atoms with Gasteiger partial charge in [-0.1, -0.05) is 5.10 Å². The standard InChI is InChI=1S/C12H11N5O6/c1-2-23-7-3-4-8(10(5-7)16(19)20)13-12(18)9-6-11(15-14-9)17(21)22/h3-6H,2H2,1H3,(H,13,18)(H,14,15). The Morgan fingerprint density at radius 3 is 2.61 bits per heavy atom. The second-order valence-corrected chi connectivity index (χ2v) is 4.22. The van der Waals surface area contributed by atoms with Gasteiger partial charge in [-0.3, -0.25) is 14.9 Å². The molecule has 23 heavy (non-hydrogen) atoms. The summed E-state index contributed by atoms with van der Waals surface area (Å²) in [6.45, 7) is 2.06. The number of ether oxygens (including phenoxy) is 1. The van der Waals surface area contributed by atoms with Crippen molar-refractivity contribution >= 4 is 23.1 Å². The SMILES string of the molecule is CCOc1ccc(NC(=O)c2cc([N+](=O)[O-])[nH]n2)c([N+](=O)[O-])c1. The maximum absolute atomic E-state index is 12.0. The van der Waals surface area contributed by atoms with Crippen molar-refractivity contribution in [1.82, 2.24) is 10.2 Å². The molecule has 0 fully saturated rings. The highest BCUT2D eigenvalue weighted by Crippen LogP contribution is 2.29. The predicted octanol–water partition coefficient (Wildman–Crippen LogP) is 1.88. The van der Waals surface area contributed by atoms with Gasteiger partial charge in [0.05, 0.1) is 23.7 Å². The number of aromatic amines is 1. The van der Waals surface area contributed by atoms with Crippen LogP contribution in [0.3, 0.4) is 0 Å². The summed E-state index contributed by atoms with van der Waals surface area (Å²) in [5.74, 6) is -0.995. The lowest BCUT2D eigenvalue weighted by molar-refractivity contribution is -0.389. The molecular weight excluding hydrogens is 310 g/mol. The summed E-state index contributed by atoms with van der Waals surface area (Å²) >= 11 is 0. The molecule has 1 heterocycles. The summed E-state index contributed by atoms with van der Waals surface area (Å²) in [6.07, 6.45) is 0. The van der Waals surface area contributed by atoms with Crippen molar-refractivity contribution in [3.05, 3.63) is 50.2 Å². The van der Waals surface area contributed by atoms with Crippen LogP contribution in [0.2, 0.25) is 0 Å². The minimum atomic E-state index is -0.818. The molecule has 2 aromatic rings. The zero-order chi connectivity index (χ0) is 17.0. The van der Waals surface area contributed by atoms with E-state index in [1.807, 2.05) is 0 Å². The Kier molecular flexibility index (Phi) is 4.50. The largest absolute Gasteiger partial charge is 0.494 e. The number of nitrogens with one attached hydrogen (secondary N) is 2. The van der Waals surface area contributed by atoms with Crippen LogP contribution in [0.4, 0.5) is 17.2 Å². The van der Waals surface area contributed by atoms with Crippen molar-refractivity contribution in [2.45, 2.75) is 6.92 Å². The number of carbonyl (C=O) groups excluding carboxylic acids is 1. The normalized spacial score (nSPS) is 10.1. The van der Waals surface area contributed by atoms with Crippen molar-refractivity contribution in [3.63, 3.8) is 0 Å². The molecule has 0 bridgehead atoms. The maximum atomic E-state index is 12.0. The van der Waals surface area contributed by atoms with Gasteiger partial charge in [-0.15, -0.1) is 5.10 Å². The third-order valence-electron chi connectivity index (χ3n) is 2.72. The number of nitrogens with zero attached hydrogens (tertiary/aromatic N) is 3. The molecule has 0 saturated carbocycles. The van der Waals surface area contributed by atoms with E-state index in [0.717, 1.165) is 6.07 Å². The predicted molar refractivity (Wildman–Crippen MR) is 77.5 cm³/mol. The highest BCUT2D eigenvalue weighted by atomic mass is 16.6. The van der Waals surface area contributed by atoms with Gasteiger partial charge in [0.15, 0.2) is 5.69 Å². The molecule has 2 rings (SSSR count). The zero-order valence-electron chi connectivity index (χ0n) is 11.8. The first kappa shape index (κ1) is 15.9. The Bertz CT molecular complexity index is 771. The molecule has 0 radical (unpaired) electrons. The maximum Gasteiger partial charge on any atom is 0.343 e. The Balaban J connectivity index is 2.25. The van der Waals surface area contributed by atoms with Gasteiger partial charge >= 0.3 is 5.82 Å². The number of amides is 1. The summed E-state index contributed by atoms with van der Waals surface area (Å²) < 4.78 is 5.16. The van der Waals surface area contributed by atoms with E-state index in [1.165, 1.54) is 18.2 Å². The second-order valence-electron chi connectivity index (χ2n) is 4.22. The molecule has 0 atom stereocenters. The van der Waals surface area contributed by atoms with Crippen LogP contribution in [0, 0.1) is 20.2 Å². The third-order valence-corrected chi connectivity index (χ3v) is 2.72. The van der Waals surface area contributed by atoms with Crippen molar-refractivity contribution in [1.29, 1.82) is 0 Å². The molecule has 0 saturated heterocycles. The zero-order valence-corrected chi connectivity index (χ0v) is 11.8. The molecule has 1 amide bonds. The molecule has 0 aliphatic carbocycles. The van der Waals surface area contributed by atoms with Crippen molar-refractivity contribution in [3.8, 4) is 5.75 Å². The third kappa shape index (κ3) is 3.58. The van der Waals surface area contributed by atoms with Gasteiger partial charge in [-0.05, 0) is 24.0 Å². The average Bonchev–Trinajstić information content (AvgIpc) is 2.99. The number of benzene rings is 1. The van der Waals surface area contributed by atoms with Crippen LogP contribution < -0.4 is 10.1 Å². The summed E-state index contributed by atoms with van der Waals surface area (Å²) in [7, 11) is 0. The van der Waals surface area contributed by atoms with Crippen LogP contribution in [-0.2, 0) is 0 Å². The molecule has 2 N–H and O–H groups in total.